The molecule has 0 amide bonds. The Bertz CT molecular complexity index is 994. The maximum atomic E-state index is 13.8. The molecule has 0 spiro atoms. The first-order valence-corrected chi connectivity index (χ1v) is 7.02. The lowest BCUT2D eigenvalue weighted by Gasteiger charge is -2.12. The predicted octanol–water partition coefficient (Wildman–Crippen LogP) is 4.67. The molecule has 0 aliphatic rings. The zero-order chi connectivity index (χ0) is 21.5. The topological polar surface area (TPSA) is 43.4 Å². The van der Waals surface area contributed by atoms with Crippen LogP contribution in [-0.2, 0) is 11.3 Å². The molecule has 150 valence electrons. The van der Waals surface area contributed by atoms with Crippen molar-refractivity contribution in [2.45, 2.75) is 6.61 Å². The van der Waals surface area contributed by atoms with Crippen LogP contribution in [0, 0.1) is 52.4 Å². The molecule has 0 heterocycles. The molecule has 0 aromatic heterocycles. The summed E-state index contributed by atoms with van der Waals surface area (Å²) in [5.74, 6) is -24.2. The Balaban J connectivity index is 2.50. The van der Waals surface area contributed by atoms with Gasteiger partial charge in [0.05, 0.1) is 11.1 Å². The molecule has 2 rings (SSSR count). The predicted molar refractivity (Wildman–Crippen MR) is 71.8 cm³/mol. The third-order valence-electron chi connectivity index (χ3n) is 3.32. The summed E-state index contributed by atoms with van der Waals surface area (Å²) >= 11 is 4.88. The van der Waals surface area contributed by atoms with Crippen LogP contribution in [0.5, 0.6) is 0 Å². The van der Waals surface area contributed by atoms with Gasteiger partial charge in [0.1, 0.15) is 12.2 Å². The number of rotatable bonds is 4. The fourth-order valence-corrected chi connectivity index (χ4v) is 2.17. The second-order valence-corrected chi connectivity index (χ2v) is 5.25. The highest BCUT2D eigenvalue weighted by atomic mass is 35.5. The first kappa shape index (κ1) is 21.5. The largest absolute Gasteiger partial charge is 0.457 e. The second kappa shape index (κ2) is 7.70. The van der Waals surface area contributed by atoms with Crippen LogP contribution in [0.25, 0.3) is 0 Å². The molecular formula is C15H2ClF9O3. The normalized spacial score (nSPS) is 10.9. The highest BCUT2D eigenvalue weighted by molar-refractivity contribution is 6.68. The number of halogens is 10. The molecule has 3 nitrogen and oxygen atoms in total. The molecule has 28 heavy (non-hydrogen) atoms. The van der Waals surface area contributed by atoms with Crippen LogP contribution in [0.15, 0.2) is 0 Å². The summed E-state index contributed by atoms with van der Waals surface area (Å²) in [7, 11) is 0. The van der Waals surface area contributed by atoms with E-state index < -0.39 is 86.9 Å². The van der Waals surface area contributed by atoms with E-state index in [2.05, 4.69) is 4.74 Å². The van der Waals surface area contributed by atoms with Crippen molar-refractivity contribution < 1.29 is 53.8 Å². The molecule has 0 aliphatic heterocycles. The number of hydrogen-bond donors (Lipinski definition) is 0. The van der Waals surface area contributed by atoms with Crippen molar-refractivity contribution in [2.75, 3.05) is 0 Å². The van der Waals surface area contributed by atoms with Crippen LogP contribution in [0.1, 0.15) is 26.3 Å². The summed E-state index contributed by atoms with van der Waals surface area (Å²) in [4.78, 5) is 22.9. The first-order chi connectivity index (χ1) is 12.9. The summed E-state index contributed by atoms with van der Waals surface area (Å²) < 4.78 is 124. The van der Waals surface area contributed by atoms with Crippen molar-refractivity contribution in [3.05, 3.63) is 69.0 Å². The fourth-order valence-electron chi connectivity index (χ4n) is 1.99. The summed E-state index contributed by atoms with van der Waals surface area (Å²) in [6.45, 7) is -1.74. The summed E-state index contributed by atoms with van der Waals surface area (Å²) in [5.41, 5.74) is -5.38. The van der Waals surface area contributed by atoms with Crippen molar-refractivity contribution in [3.63, 3.8) is 0 Å². The summed E-state index contributed by atoms with van der Waals surface area (Å²) in [6, 6.07) is 0. The Morgan fingerprint density at radius 1 is 0.607 bits per heavy atom. The first-order valence-electron chi connectivity index (χ1n) is 6.64. The van der Waals surface area contributed by atoms with Crippen LogP contribution in [0.3, 0.4) is 0 Å². The molecule has 0 N–H and O–H groups in total. The Kier molecular flexibility index (Phi) is 5.92. The van der Waals surface area contributed by atoms with E-state index in [1.165, 1.54) is 0 Å². The number of carbonyl (C=O) groups excluding carboxylic acids is 2. The number of ether oxygens (including phenoxy) is 1. The average Bonchev–Trinajstić information content (AvgIpc) is 2.65. The van der Waals surface area contributed by atoms with Crippen LogP contribution in [-0.4, -0.2) is 11.2 Å². The molecule has 0 fully saturated rings. The van der Waals surface area contributed by atoms with E-state index in [9.17, 15) is 49.1 Å². The molecule has 2 aromatic carbocycles. The fraction of sp³-hybridized carbons (Fsp3) is 0.0667. The van der Waals surface area contributed by atoms with Crippen molar-refractivity contribution in [1.29, 1.82) is 0 Å². The minimum Gasteiger partial charge on any atom is -0.457 e. The van der Waals surface area contributed by atoms with E-state index >= 15 is 0 Å². The minimum atomic E-state index is -2.55. The molecule has 0 bridgehead atoms. The minimum absolute atomic E-state index is 1.69. The van der Waals surface area contributed by atoms with E-state index in [1.807, 2.05) is 0 Å². The maximum Gasteiger partial charge on any atom is 0.342 e. The van der Waals surface area contributed by atoms with Gasteiger partial charge in [0.25, 0.3) is 5.24 Å². The lowest BCUT2D eigenvalue weighted by Crippen LogP contribution is -2.18. The standard InChI is InChI=1S/C15H2ClF9O3/c16-14(26)3-4(8(20)12(24)11(23)7(3)19)15(27)28-1-2-5(17)9(21)13(25)10(22)6(2)18/h1H2. The van der Waals surface area contributed by atoms with Gasteiger partial charge in [-0.1, -0.05) is 0 Å². The van der Waals surface area contributed by atoms with Crippen molar-refractivity contribution >= 4 is 22.8 Å². The molecule has 0 unspecified atom stereocenters. The molecule has 0 saturated carbocycles. The smallest absolute Gasteiger partial charge is 0.342 e. The van der Waals surface area contributed by atoms with Crippen molar-refractivity contribution in [1.82, 2.24) is 0 Å². The number of carbonyl (C=O) groups is 2. The van der Waals surface area contributed by atoms with Crippen molar-refractivity contribution in [2.24, 2.45) is 0 Å². The number of benzene rings is 2. The highest BCUT2D eigenvalue weighted by Crippen LogP contribution is 2.28. The van der Waals surface area contributed by atoms with Gasteiger partial charge in [0.2, 0.25) is 5.82 Å². The molecule has 2 aromatic rings. The van der Waals surface area contributed by atoms with Gasteiger partial charge in [-0.15, -0.1) is 0 Å². The maximum absolute atomic E-state index is 13.8. The Hall–Kier alpha value is -2.76. The molecule has 0 saturated heterocycles. The van der Waals surface area contributed by atoms with Gasteiger partial charge >= 0.3 is 5.97 Å². The summed E-state index contributed by atoms with van der Waals surface area (Å²) in [6.07, 6.45) is 0. The van der Waals surface area contributed by atoms with Crippen LogP contribution < -0.4 is 0 Å². The second-order valence-electron chi connectivity index (χ2n) is 4.90. The zero-order valence-electron chi connectivity index (χ0n) is 12.7. The Morgan fingerprint density at radius 3 is 1.39 bits per heavy atom. The van der Waals surface area contributed by atoms with Crippen LogP contribution >= 0.6 is 11.6 Å². The lowest BCUT2D eigenvalue weighted by molar-refractivity contribution is 0.0451. The van der Waals surface area contributed by atoms with Gasteiger partial charge in [-0.05, 0) is 11.6 Å². The average molecular weight is 437 g/mol. The third-order valence-corrected chi connectivity index (χ3v) is 3.51. The zero-order valence-corrected chi connectivity index (χ0v) is 13.5. The Labute approximate surface area is 153 Å². The number of hydrogen-bond acceptors (Lipinski definition) is 3. The highest BCUT2D eigenvalue weighted by Gasteiger charge is 2.34. The van der Waals surface area contributed by atoms with Gasteiger partial charge < -0.3 is 4.74 Å². The van der Waals surface area contributed by atoms with E-state index in [-0.39, 0.29) is 0 Å². The van der Waals surface area contributed by atoms with E-state index in [4.69, 9.17) is 11.6 Å². The molecule has 0 aliphatic carbocycles. The SMILES string of the molecule is O=C(Cl)c1c(F)c(F)c(F)c(F)c1C(=O)OCc1c(F)c(F)c(F)c(F)c1F. The lowest BCUT2D eigenvalue weighted by atomic mass is 10.1. The van der Waals surface area contributed by atoms with Crippen LogP contribution in [0.2, 0.25) is 0 Å². The Morgan fingerprint density at radius 2 is 0.964 bits per heavy atom. The van der Waals surface area contributed by atoms with Crippen LogP contribution in [0.4, 0.5) is 39.5 Å². The monoisotopic (exact) mass is 436 g/mol. The summed E-state index contributed by atoms with van der Waals surface area (Å²) in [5, 5.41) is -1.97. The van der Waals surface area contributed by atoms with E-state index in [1.54, 1.807) is 0 Å². The number of esters is 1. The van der Waals surface area contributed by atoms with Gasteiger partial charge in [-0.2, -0.15) is 0 Å². The molecule has 0 atom stereocenters. The molecule has 13 heteroatoms. The van der Waals surface area contributed by atoms with Gasteiger partial charge in [-0.25, -0.2) is 44.3 Å². The van der Waals surface area contributed by atoms with E-state index in [0.29, 0.717) is 0 Å². The van der Waals surface area contributed by atoms with Gasteiger partial charge in [-0.3, -0.25) is 4.79 Å². The quantitative estimate of drug-likeness (QED) is 0.230. The van der Waals surface area contributed by atoms with Gasteiger partial charge in [0, 0.05) is 0 Å². The third kappa shape index (κ3) is 3.39. The van der Waals surface area contributed by atoms with Crippen molar-refractivity contribution in [3.8, 4) is 0 Å². The van der Waals surface area contributed by atoms with E-state index in [0.717, 1.165) is 0 Å². The molecule has 0 radical (unpaired) electrons. The van der Waals surface area contributed by atoms with Gasteiger partial charge in [0.15, 0.2) is 46.5 Å². The molecular weight excluding hydrogens is 435 g/mol.